The fourth-order valence-electron chi connectivity index (χ4n) is 1.60. The zero-order valence-corrected chi connectivity index (χ0v) is 9.13. The Morgan fingerprint density at radius 1 is 1.25 bits per heavy atom. The van der Waals surface area contributed by atoms with E-state index in [2.05, 4.69) is 20.5 Å². The van der Waals surface area contributed by atoms with Crippen molar-refractivity contribution in [2.75, 3.05) is 0 Å². The van der Waals surface area contributed by atoms with Crippen LogP contribution >= 0.6 is 11.6 Å². The van der Waals surface area contributed by atoms with Crippen LogP contribution < -0.4 is 0 Å². The van der Waals surface area contributed by atoms with Crippen LogP contribution in [0, 0.1) is 0 Å². The number of para-hydroxylation sites is 2. The van der Waals surface area contributed by atoms with Crippen molar-refractivity contribution < 1.29 is 0 Å². The van der Waals surface area contributed by atoms with E-state index in [1.165, 1.54) is 0 Å². The number of tetrazole rings is 1. The van der Waals surface area contributed by atoms with E-state index in [-0.39, 0.29) is 0 Å². The summed E-state index contributed by atoms with van der Waals surface area (Å²) in [4.78, 5) is 4.23. The maximum atomic E-state index is 6.07. The number of fused-ring (bicyclic) bond motifs is 1. The van der Waals surface area contributed by atoms with Gasteiger partial charge in [0.1, 0.15) is 0 Å². The molecule has 0 unspecified atom stereocenters. The highest BCUT2D eigenvalue weighted by molar-refractivity contribution is 6.29. The van der Waals surface area contributed by atoms with Crippen molar-refractivity contribution in [2.24, 2.45) is 7.05 Å². The van der Waals surface area contributed by atoms with Crippen molar-refractivity contribution in [3.8, 4) is 5.95 Å². The molecule has 7 heteroatoms. The molecule has 0 spiro atoms. The molecule has 0 saturated heterocycles. The van der Waals surface area contributed by atoms with Crippen LogP contribution in [0.15, 0.2) is 24.3 Å². The molecule has 0 aliphatic heterocycles. The molecule has 3 aromatic rings. The van der Waals surface area contributed by atoms with Crippen LogP contribution in [0.2, 0.25) is 5.28 Å². The van der Waals surface area contributed by atoms with Crippen molar-refractivity contribution in [3.63, 3.8) is 0 Å². The minimum absolute atomic E-state index is 0.346. The van der Waals surface area contributed by atoms with E-state index in [9.17, 15) is 0 Å². The minimum atomic E-state index is 0.346. The lowest BCUT2D eigenvalue weighted by Gasteiger charge is -2.01. The molecule has 3 rings (SSSR count). The molecule has 0 N–H and O–H groups in total. The van der Waals surface area contributed by atoms with Gasteiger partial charge in [0.05, 0.1) is 11.0 Å². The fraction of sp³-hybridized carbons (Fsp3) is 0.111. The lowest BCUT2D eigenvalue weighted by Crippen LogP contribution is -2.04. The van der Waals surface area contributed by atoms with Crippen LogP contribution in [0.5, 0.6) is 0 Å². The molecule has 16 heavy (non-hydrogen) atoms. The third-order valence-corrected chi connectivity index (χ3v) is 2.57. The Kier molecular flexibility index (Phi) is 1.90. The van der Waals surface area contributed by atoms with E-state index in [0.29, 0.717) is 11.2 Å². The number of halogens is 1. The summed E-state index contributed by atoms with van der Waals surface area (Å²) in [5.41, 5.74) is 1.70. The van der Waals surface area contributed by atoms with Crippen LogP contribution in [0.1, 0.15) is 0 Å². The summed E-state index contributed by atoms with van der Waals surface area (Å²) in [7, 11) is 1.75. The summed E-state index contributed by atoms with van der Waals surface area (Å²) in [6.45, 7) is 0. The van der Waals surface area contributed by atoms with Gasteiger partial charge >= 0.3 is 0 Å². The summed E-state index contributed by atoms with van der Waals surface area (Å²) >= 11 is 6.07. The first kappa shape index (κ1) is 9.29. The molecule has 0 aliphatic carbocycles. The van der Waals surface area contributed by atoms with E-state index in [4.69, 9.17) is 11.6 Å². The second kappa shape index (κ2) is 3.28. The normalized spacial score (nSPS) is 11.1. The van der Waals surface area contributed by atoms with Gasteiger partial charge in [-0.2, -0.15) is 0 Å². The van der Waals surface area contributed by atoms with E-state index in [1.807, 2.05) is 24.3 Å². The Hall–Kier alpha value is -1.95. The first-order chi connectivity index (χ1) is 7.77. The van der Waals surface area contributed by atoms with E-state index >= 15 is 0 Å². The number of rotatable bonds is 1. The highest BCUT2D eigenvalue weighted by atomic mass is 35.5. The average Bonchev–Trinajstić information content (AvgIpc) is 2.81. The summed E-state index contributed by atoms with van der Waals surface area (Å²) in [6, 6.07) is 7.63. The SMILES string of the molecule is Cn1nnnc1-n1c(Cl)nc2ccccc21. The quantitative estimate of drug-likeness (QED) is 0.635. The second-order valence-corrected chi connectivity index (χ2v) is 3.65. The average molecular weight is 235 g/mol. The van der Waals surface area contributed by atoms with Gasteiger partial charge in [0.25, 0.3) is 5.95 Å². The largest absolute Gasteiger partial charge is 0.256 e. The maximum absolute atomic E-state index is 6.07. The number of hydrogen-bond donors (Lipinski definition) is 0. The van der Waals surface area contributed by atoms with Gasteiger partial charge in [-0.1, -0.05) is 17.2 Å². The van der Waals surface area contributed by atoms with E-state index < -0.39 is 0 Å². The summed E-state index contributed by atoms with van der Waals surface area (Å²) in [5.74, 6) is 0.540. The van der Waals surface area contributed by atoms with Crippen molar-refractivity contribution in [3.05, 3.63) is 29.5 Å². The van der Waals surface area contributed by atoms with Gasteiger partial charge in [0, 0.05) is 7.05 Å². The second-order valence-electron chi connectivity index (χ2n) is 3.31. The Balaban J connectivity index is 2.39. The molecular weight excluding hydrogens is 228 g/mol. The van der Waals surface area contributed by atoms with Crippen LogP contribution in [0.3, 0.4) is 0 Å². The van der Waals surface area contributed by atoms with Gasteiger partial charge in [-0.05, 0) is 34.2 Å². The Labute approximate surface area is 95.5 Å². The molecule has 2 aromatic heterocycles. The van der Waals surface area contributed by atoms with Gasteiger partial charge in [-0.3, -0.25) is 0 Å². The zero-order valence-electron chi connectivity index (χ0n) is 8.37. The number of imidazole rings is 1. The molecular formula is C9H7ClN6. The lowest BCUT2D eigenvalue weighted by atomic mass is 10.3. The molecule has 2 heterocycles. The summed E-state index contributed by atoms with van der Waals surface area (Å²) in [5, 5.41) is 11.6. The van der Waals surface area contributed by atoms with Crippen molar-refractivity contribution in [1.82, 2.24) is 29.8 Å². The van der Waals surface area contributed by atoms with E-state index in [0.717, 1.165) is 11.0 Å². The molecule has 0 amide bonds. The van der Waals surface area contributed by atoms with Crippen LogP contribution in [-0.2, 0) is 7.05 Å². The minimum Gasteiger partial charge on any atom is -0.250 e. The molecule has 0 radical (unpaired) electrons. The maximum Gasteiger partial charge on any atom is 0.256 e. The molecule has 0 atom stereocenters. The Morgan fingerprint density at radius 2 is 2.06 bits per heavy atom. The number of benzene rings is 1. The fourth-order valence-corrected chi connectivity index (χ4v) is 1.86. The lowest BCUT2D eigenvalue weighted by molar-refractivity contribution is 0.694. The molecule has 80 valence electrons. The van der Waals surface area contributed by atoms with E-state index in [1.54, 1.807) is 16.3 Å². The third kappa shape index (κ3) is 1.20. The highest BCUT2D eigenvalue weighted by Crippen LogP contribution is 2.22. The van der Waals surface area contributed by atoms with Gasteiger partial charge in [0.2, 0.25) is 5.28 Å². The molecule has 0 fully saturated rings. The third-order valence-electron chi connectivity index (χ3n) is 2.32. The number of hydrogen-bond acceptors (Lipinski definition) is 4. The number of aryl methyl sites for hydroxylation is 1. The Bertz CT molecular complexity index is 655. The first-order valence-electron chi connectivity index (χ1n) is 4.63. The predicted molar refractivity (Wildman–Crippen MR) is 58.4 cm³/mol. The summed E-state index contributed by atoms with van der Waals surface area (Å²) in [6.07, 6.45) is 0. The molecule has 0 bridgehead atoms. The number of nitrogens with zero attached hydrogens (tertiary/aromatic N) is 6. The summed E-state index contributed by atoms with van der Waals surface area (Å²) < 4.78 is 3.25. The van der Waals surface area contributed by atoms with Crippen molar-refractivity contribution in [1.29, 1.82) is 0 Å². The predicted octanol–water partition coefficient (Wildman–Crippen LogP) is 1.20. The monoisotopic (exact) mass is 234 g/mol. The standard InChI is InChI=1S/C9H7ClN6/c1-15-9(12-13-14-15)16-7-5-3-2-4-6(7)11-8(16)10/h2-5H,1H3. The van der Waals surface area contributed by atoms with Gasteiger partial charge in [-0.15, -0.1) is 0 Å². The molecule has 0 saturated carbocycles. The van der Waals surface area contributed by atoms with Gasteiger partial charge in [-0.25, -0.2) is 14.2 Å². The van der Waals surface area contributed by atoms with Crippen LogP contribution in [0.25, 0.3) is 17.0 Å². The van der Waals surface area contributed by atoms with Gasteiger partial charge in [0.15, 0.2) is 0 Å². The van der Waals surface area contributed by atoms with Crippen molar-refractivity contribution >= 4 is 22.6 Å². The first-order valence-corrected chi connectivity index (χ1v) is 5.01. The highest BCUT2D eigenvalue weighted by Gasteiger charge is 2.14. The zero-order chi connectivity index (χ0) is 11.1. The molecule has 6 nitrogen and oxygen atoms in total. The van der Waals surface area contributed by atoms with Crippen LogP contribution in [-0.4, -0.2) is 29.8 Å². The molecule has 1 aromatic carbocycles. The number of aromatic nitrogens is 6. The van der Waals surface area contributed by atoms with Gasteiger partial charge < -0.3 is 0 Å². The van der Waals surface area contributed by atoms with Crippen molar-refractivity contribution in [2.45, 2.75) is 0 Å². The topological polar surface area (TPSA) is 61.4 Å². The Morgan fingerprint density at radius 3 is 2.81 bits per heavy atom. The van der Waals surface area contributed by atoms with Crippen LogP contribution in [0.4, 0.5) is 0 Å². The smallest absolute Gasteiger partial charge is 0.250 e. The molecule has 0 aliphatic rings.